The number of carboxylic acid groups (broad SMARTS) is 1. The van der Waals surface area contributed by atoms with Gasteiger partial charge >= 0.3 is 5.97 Å². The molecule has 2 rings (SSSR count). The number of methoxy groups -OCH3 is 1. The SMILES string of the molecule is COc1ccccc1C(=O)Nc1ccc(C(=O)O)c(O)c1. The molecule has 1 amide bonds. The van der Waals surface area contributed by atoms with E-state index >= 15 is 0 Å². The quantitative estimate of drug-likeness (QED) is 0.802. The van der Waals surface area contributed by atoms with Crippen LogP contribution in [0.3, 0.4) is 0 Å². The van der Waals surface area contributed by atoms with E-state index in [2.05, 4.69) is 5.32 Å². The Hall–Kier alpha value is -3.02. The zero-order valence-electron chi connectivity index (χ0n) is 11.2. The largest absolute Gasteiger partial charge is 0.507 e. The molecule has 0 fully saturated rings. The number of nitrogens with one attached hydrogen (secondary N) is 1. The molecule has 0 aliphatic heterocycles. The molecule has 0 aliphatic carbocycles. The van der Waals surface area contributed by atoms with Gasteiger partial charge in [0.1, 0.15) is 17.1 Å². The molecule has 0 saturated heterocycles. The maximum atomic E-state index is 12.1. The summed E-state index contributed by atoms with van der Waals surface area (Å²) in [5.74, 6) is -1.66. The Bertz CT molecular complexity index is 696. The van der Waals surface area contributed by atoms with Crippen LogP contribution in [0.15, 0.2) is 42.5 Å². The first-order valence-electron chi connectivity index (χ1n) is 6.03. The van der Waals surface area contributed by atoms with Gasteiger partial charge in [0.25, 0.3) is 5.91 Å². The number of aromatic carboxylic acids is 1. The normalized spacial score (nSPS) is 9.95. The average molecular weight is 287 g/mol. The number of amides is 1. The standard InChI is InChI=1S/C15H13NO5/c1-21-13-5-3-2-4-11(13)14(18)16-9-6-7-10(15(19)20)12(17)8-9/h2-8,17H,1H3,(H,16,18)(H,19,20). The summed E-state index contributed by atoms with van der Waals surface area (Å²) >= 11 is 0. The van der Waals surface area contributed by atoms with Crippen LogP contribution in [-0.2, 0) is 0 Å². The molecule has 0 aromatic heterocycles. The van der Waals surface area contributed by atoms with Crippen LogP contribution in [-0.4, -0.2) is 29.2 Å². The molecule has 0 aliphatic rings. The van der Waals surface area contributed by atoms with Crippen molar-refractivity contribution < 1.29 is 24.5 Å². The number of aromatic hydroxyl groups is 1. The van der Waals surface area contributed by atoms with Crippen molar-refractivity contribution in [3.05, 3.63) is 53.6 Å². The maximum Gasteiger partial charge on any atom is 0.339 e. The number of anilines is 1. The number of ether oxygens (including phenoxy) is 1. The molecule has 108 valence electrons. The Balaban J connectivity index is 2.24. The van der Waals surface area contributed by atoms with E-state index in [-0.39, 0.29) is 11.3 Å². The molecule has 6 heteroatoms. The molecule has 0 bridgehead atoms. The summed E-state index contributed by atoms with van der Waals surface area (Å²) in [4.78, 5) is 22.9. The van der Waals surface area contributed by atoms with Crippen LogP contribution in [0.1, 0.15) is 20.7 Å². The fourth-order valence-corrected chi connectivity index (χ4v) is 1.82. The van der Waals surface area contributed by atoms with E-state index in [9.17, 15) is 14.7 Å². The number of carboxylic acids is 1. The summed E-state index contributed by atoms with van der Waals surface area (Å²) in [6.07, 6.45) is 0. The van der Waals surface area contributed by atoms with Crippen LogP contribution < -0.4 is 10.1 Å². The predicted octanol–water partition coefficient (Wildman–Crippen LogP) is 2.35. The van der Waals surface area contributed by atoms with Crippen molar-refractivity contribution in [2.45, 2.75) is 0 Å². The van der Waals surface area contributed by atoms with Gasteiger partial charge in [-0.1, -0.05) is 12.1 Å². The highest BCUT2D eigenvalue weighted by Crippen LogP contribution is 2.24. The number of hydrogen-bond donors (Lipinski definition) is 3. The van der Waals surface area contributed by atoms with Crippen LogP contribution in [0, 0.1) is 0 Å². The van der Waals surface area contributed by atoms with Crippen molar-refractivity contribution >= 4 is 17.6 Å². The topological polar surface area (TPSA) is 95.9 Å². The second-order valence-corrected chi connectivity index (χ2v) is 4.19. The minimum Gasteiger partial charge on any atom is -0.507 e. The first-order chi connectivity index (χ1) is 10.0. The fourth-order valence-electron chi connectivity index (χ4n) is 1.82. The number of rotatable bonds is 4. The van der Waals surface area contributed by atoms with Gasteiger partial charge in [0.15, 0.2) is 0 Å². The first-order valence-corrected chi connectivity index (χ1v) is 6.03. The molecular formula is C15H13NO5. The Labute approximate surface area is 120 Å². The number of carbonyl (C=O) groups excluding carboxylic acids is 1. The second kappa shape index (κ2) is 5.96. The summed E-state index contributed by atoms with van der Waals surface area (Å²) in [5, 5.41) is 21.0. The van der Waals surface area contributed by atoms with E-state index in [1.807, 2.05) is 0 Å². The number of para-hydroxylation sites is 1. The summed E-state index contributed by atoms with van der Waals surface area (Å²) in [6.45, 7) is 0. The van der Waals surface area contributed by atoms with Crippen LogP contribution >= 0.6 is 0 Å². The zero-order valence-corrected chi connectivity index (χ0v) is 11.2. The molecule has 2 aromatic carbocycles. The highest BCUT2D eigenvalue weighted by atomic mass is 16.5. The van der Waals surface area contributed by atoms with Crippen LogP contribution in [0.2, 0.25) is 0 Å². The third-order valence-corrected chi connectivity index (χ3v) is 2.84. The molecule has 0 radical (unpaired) electrons. The van der Waals surface area contributed by atoms with Gasteiger partial charge in [-0.15, -0.1) is 0 Å². The van der Waals surface area contributed by atoms with Gasteiger partial charge in [-0.05, 0) is 24.3 Å². The second-order valence-electron chi connectivity index (χ2n) is 4.19. The lowest BCUT2D eigenvalue weighted by atomic mass is 10.1. The number of carbonyl (C=O) groups is 2. The molecule has 0 heterocycles. The highest BCUT2D eigenvalue weighted by molar-refractivity contribution is 6.06. The van der Waals surface area contributed by atoms with Crippen LogP contribution in [0.5, 0.6) is 11.5 Å². The Morgan fingerprint density at radius 1 is 1.10 bits per heavy atom. The fraction of sp³-hybridized carbons (Fsp3) is 0.0667. The molecule has 0 atom stereocenters. The third kappa shape index (κ3) is 3.11. The van der Waals surface area contributed by atoms with Gasteiger partial charge in [-0.25, -0.2) is 4.79 Å². The van der Waals surface area contributed by atoms with Crippen molar-refractivity contribution in [1.29, 1.82) is 0 Å². The van der Waals surface area contributed by atoms with Crippen molar-refractivity contribution in [2.75, 3.05) is 12.4 Å². The first kappa shape index (κ1) is 14.4. The Morgan fingerprint density at radius 3 is 2.43 bits per heavy atom. The maximum absolute atomic E-state index is 12.1. The number of benzene rings is 2. The smallest absolute Gasteiger partial charge is 0.339 e. The van der Waals surface area contributed by atoms with Crippen molar-refractivity contribution in [2.24, 2.45) is 0 Å². The number of phenols is 1. The van der Waals surface area contributed by atoms with E-state index in [4.69, 9.17) is 9.84 Å². The van der Waals surface area contributed by atoms with Crippen LogP contribution in [0.25, 0.3) is 0 Å². The molecule has 2 aromatic rings. The van der Waals surface area contributed by atoms with Crippen molar-refractivity contribution in [3.63, 3.8) is 0 Å². The minimum atomic E-state index is -1.24. The Kier molecular flexibility index (Phi) is 4.08. The van der Waals surface area contributed by atoms with Gasteiger partial charge in [0.2, 0.25) is 0 Å². The molecule has 21 heavy (non-hydrogen) atoms. The molecule has 0 unspecified atom stereocenters. The van der Waals surface area contributed by atoms with E-state index in [0.717, 1.165) is 0 Å². The summed E-state index contributed by atoms with van der Waals surface area (Å²) < 4.78 is 5.09. The van der Waals surface area contributed by atoms with Gasteiger partial charge < -0.3 is 20.3 Å². The van der Waals surface area contributed by atoms with Gasteiger partial charge in [-0.2, -0.15) is 0 Å². The van der Waals surface area contributed by atoms with E-state index in [1.54, 1.807) is 24.3 Å². The molecule has 0 spiro atoms. The lowest BCUT2D eigenvalue weighted by Gasteiger charge is -2.10. The number of hydrogen-bond acceptors (Lipinski definition) is 4. The average Bonchev–Trinajstić information content (AvgIpc) is 2.46. The van der Waals surface area contributed by atoms with Gasteiger partial charge in [0.05, 0.1) is 12.7 Å². The van der Waals surface area contributed by atoms with Crippen molar-refractivity contribution in [3.8, 4) is 11.5 Å². The zero-order chi connectivity index (χ0) is 15.4. The van der Waals surface area contributed by atoms with E-state index < -0.39 is 17.6 Å². The summed E-state index contributed by atoms with van der Waals surface area (Å²) in [5.41, 5.74) is 0.389. The molecule has 6 nitrogen and oxygen atoms in total. The monoisotopic (exact) mass is 287 g/mol. The molecule has 3 N–H and O–H groups in total. The summed E-state index contributed by atoms with van der Waals surface area (Å²) in [6, 6.07) is 10.5. The molecular weight excluding hydrogens is 274 g/mol. The Morgan fingerprint density at radius 2 is 1.81 bits per heavy atom. The summed E-state index contributed by atoms with van der Waals surface area (Å²) in [7, 11) is 1.46. The van der Waals surface area contributed by atoms with Gasteiger partial charge in [0, 0.05) is 11.8 Å². The lowest BCUT2D eigenvalue weighted by Crippen LogP contribution is -2.13. The van der Waals surface area contributed by atoms with E-state index in [0.29, 0.717) is 11.3 Å². The minimum absolute atomic E-state index is 0.231. The third-order valence-electron chi connectivity index (χ3n) is 2.84. The predicted molar refractivity (Wildman–Crippen MR) is 76.0 cm³/mol. The van der Waals surface area contributed by atoms with Gasteiger partial charge in [-0.3, -0.25) is 4.79 Å². The van der Waals surface area contributed by atoms with Crippen molar-refractivity contribution in [1.82, 2.24) is 0 Å². The molecule has 0 saturated carbocycles. The van der Waals surface area contributed by atoms with E-state index in [1.165, 1.54) is 25.3 Å². The lowest BCUT2D eigenvalue weighted by molar-refractivity contribution is 0.0693. The van der Waals surface area contributed by atoms with Crippen LogP contribution in [0.4, 0.5) is 5.69 Å². The highest BCUT2D eigenvalue weighted by Gasteiger charge is 2.14.